The Balaban J connectivity index is 1.35. The number of rotatable bonds is 11. The van der Waals surface area contributed by atoms with Gasteiger partial charge in [-0.3, -0.25) is 14.3 Å². The van der Waals surface area contributed by atoms with Crippen molar-refractivity contribution in [1.29, 1.82) is 0 Å². The lowest BCUT2D eigenvalue weighted by atomic mass is 10.2. The van der Waals surface area contributed by atoms with Gasteiger partial charge in [-0.1, -0.05) is 60.7 Å². The summed E-state index contributed by atoms with van der Waals surface area (Å²) >= 11 is 0. The van der Waals surface area contributed by atoms with E-state index in [1.165, 1.54) is 6.33 Å². The summed E-state index contributed by atoms with van der Waals surface area (Å²) in [7, 11) is 0. The zero-order chi connectivity index (χ0) is 22.2. The van der Waals surface area contributed by atoms with Crippen molar-refractivity contribution in [2.75, 3.05) is 18.9 Å². The van der Waals surface area contributed by atoms with Crippen LogP contribution in [-0.2, 0) is 34.2 Å². The third kappa shape index (κ3) is 5.79. The number of hydrogen-bond acceptors (Lipinski definition) is 7. The van der Waals surface area contributed by atoms with E-state index in [-0.39, 0.29) is 29.9 Å². The Morgan fingerprint density at radius 3 is 2.31 bits per heavy atom. The maximum Gasteiger partial charge on any atom is 0.280 e. The molecule has 4 aromatic rings. The van der Waals surface area contributed by atoms with Crippen molar-refractivity contribution in [3.8, 4) is 0 Å². The van der Waals surface area contributed by atoms with Crippen LogP contribution in [0.15, 0.2) is 71.8 Å². The predicted octanol–water partition coefficient (Wildman–Crippen LogP) is 2.48. The third-order valence-electron chi connectivity index (χ3n) is 4.77. The van der Waals surface area contributed by atoms with Crippen LogP contribution in [0.4, 0.5) is 5.95 Å². The molecule has 2 aromatic carbocycles. The minimum Gasteiger partial charge on any atom is -0.374 e. The number of hydrogen-bond donors (Lipinski definition) is 2. The van der Waals surface area contributed by atoms with Gasteiger partial charge >= 0.3 is 0 Å². The minimum absolute atomic E-state index is 0.0302. The lowest BCUT2D eigenvalue weighted by molar-refractivity contribution is -0.0801. The van der Waals surface area contributed by atoms with E-state index in [9.17, 15) is 4.79 Å². The molecule has 0 unspecified atom stereocenters. The Bertz CT molecular complexity index is 1180. The van der Waals surface area contributed by atoms with Gasteiger partial charge in [0.25, 0.3) is 5.56 Å². The number of nitrogens with two attached hydrogens (primary N) is 1. The van der Waals surface area contributed by atoms with Gasteiger partial charge in [-0.25, -0.2) is 4.98 Å². The number of nitrogens with one attached hydrogen (secondary N) is 1. The number of aromatic nitrogens is 4. The summed E-state index contributed by atoms with van der Waals surface area (Å²) in [5, 5.41) is 0. The number of H-pyrrole nitrogens is 1. The predicted molar refractivity (Wildman–Crippen MR) is 120 cm³/mol. The molecular weight excluding hydrogens is 410 g/mol. The van der Waals surface area contributed by atoms with E-state index in [0.717, 1.165) is 11.1 Å². The fraction of sp³-hybridized carbons (Fsp3) is 0.261. The summed E-state index contributed by atoms with van der Waals surface area (Å²) in [5.74, 6) is 0.0302. The quantitative estimate of drug-likeness (QED) is 0.372. The molecule has 2 aromatic heterocycles. The molecule has 1 atom stereocenters. The SMILES string of the molecule is Nc1nc2c(ncn2COC[C@H](COCc2ccccc2)OCc2ccccc2)c(=O)[nH]1. The fourth-order valence-corrected chi connectivity index (χ4v) is 3.16. The first kappa shape index (κ1) is 21.7. The van der Waals surface area contributed by atoms with E-state index >= 15 is 0 Å². The largest absolute Gasteiger partial charge is 0.374 e. The van der Waals surface area contributed by atoms with Crippen molar-refractivity contribution >= 4 is 17.1 Å². The Morgan fingerprint density at radius 1 is 0.938 bits per heavy atom. The Labute approximate surface area is 184 Å². The topological polar surface area (TPSA) is 117 Å². The highest BCUT2D eigenvalue weighted by Crippen LogP contribution is 2.09. The minimum atomic E-state index is -0.385. The molecule has 0 aliphatic rings. The van der Waals surface area contributed by atoms with Gasteiger partial charge in [0.05, 0.1) is 32.8 Å². The molecule has 0 aliphatic heterocycles. The zero-order valence-corrected chi connectivity index (χ0v) is 17.5. The average Bonchev–Trinajstić information content (AvgIpc) is 3.21. The molecule has 0 fully saturated rings. The Hall–Kier alpha value is -3.53. The van der Waals surface area contributed by atoms with Crippen LogP contribution in [0.2, 0.25) is 0 Å². The van der Waals surface area contributed by atoms with Crippen molar-refractivity contribution in [3.63, 3.8) is 0 Å². The molecule has 166 valence electrons. The summed E-state index contributed by atoms with van der Waals surface area (Å²) in [4.78, 5) is 22.6. The van der Waals surface area contributed by atoms with Crippen LogP contribution in [0.1, 0.15) is 11.1 Å². The van der Waals surface area contributed by atoms with E-state index in [2.05, 4.69) is 15.0 Å². The van der Waals surface area contributed by atoms with Crippen molar-refractivity contribution in [2.24, 2.45) is 0 Å². The number of nitrogens with zero attached hydrogens (tertiary/aromatic N) is 3. The van der Waals surface area contributed by atoms with Crippen LogP contribution >= 0.6 is 0 Å². The van der Waals surface area contributed by atoms with Gasteiger partial charge in [-0.05, 0) is 11.1 Å². The van der Waals surface area contributed by atoms with Gasteiger partial charge in [-0.2, -0.15) is 4.98 Å². The molecule has 0 amide bonds. The van der Waals surface area contributed by atoms with E-state index in [1.54, 1.807) is 4.57 Å². The Kier molecular flexibility index (Phi) is 7.23. The van der Waals surface area contributed by atoms with E-state index < -0.39 is 0 Å². The first-order valence-electron chi connectivity index (χ1n) is 10.2. The maximum absolute atomic E-state index is 11.9. The molecule has 0 saturated carbocycles. The van der Waals surface area contributed by atoms with Crippen LogP contribution in [0.3, 0.4) is 0 Å². The number of ether oxygens (including phenoxy) is 3. The van der Waals surface area contributed by atoms with Crippen molar-refractivity contribution in [3.05, 3.63) is 88.5 Å². The number of nitrogen functional groups attached to an aromatic ring is 1. The third-order valence-corrected chi connectivity index (χ3v) is 4.77. The van der Waals surface area contributed by atoms with Crippen LogP contribution in [0, 0.1) is 0 Å². The highest BCUT2D eigenvalue weighted by atomic mass is 16.6. The first-order valence-corrected chi connectivity index (χ1v) is 10.2. The summed E-state index contributed by atoms with van der Waals surface area (Å²) in [6.07, 6.45) is 1.22. The van der Waals surface area contributed by atoms with Crippen molar-refractivity contribution in [2.45, 2.75) is 26.0 Å². The van der Waals surface area contributed by atoms with Crippen molar-refractivity contribution < 1.29 is 14.2 Å². The highest BCUT2D eigenvalue weighted by Gasteiger charge is 2.13. The van der Waals surface area contributed by atoms with E-state index in [1.807, 2.05) is 60.7 Å². The molecule has 9 heteroatoms. The van der Waals surface area contributed by atoms with Gasteiger partial charge in [0, 0.05) is 0 Å². The summed E-state index contributed by atoms with van der Waals surface area (Å²) in [6, 6.07) is 19.9. The van der Waals surface area contributed by atoms with Gasteiger partial charge in [0.15, 0.2) is 11.2 Å². The molecule has 4 rings (SSSR count). The molecule has 9 nitrogen and oxygen atoms in total. The molecule has 3 N–H and O–H groups in total. The monoisotopic (exact) mass is 435 g/mol. The second-order valence-electron chi connectivity index (χ2n) is 7.26. The number of fused-ring (bicyclic) bond motifs is 1. The van der Waals surface area contributed by atoms with Gasteiger partial charge < -0.3 is 19.9 Å². The second-order valence-corrected chi connectivity index (χ2v) is 7.26. The van der Waals surface area contributed by atoms with Crippen LogP contribution in [0.5, 0.6) is 0 Å². The molecule has 32 heavy (non-hydrogen) atoms. The fourth-order valence-electron chi connectivity index (χ4n) is 3.16. The summed E-state index contributed by atoms with van der Waals surface area (Å²) < 4.78 is 19.4. The standard InChI is InChI=1S/C23H25N5O4/c24-23-26-21-20(22(29)27-23)25-15-28(21)16-31-14-19(32-12-18-9-5-2-6-10-18)13-30-11-17-7-3-1-4-8-17/h1-10,15,19H,11-14,16H2,(H3,24,26,27,29)/t19-/m0/s1. The van der Waals surface area contributed by atoms with Crippen molar-refractivity contribution in [1.82, 2.24) is 19.5 Å². The van der Waals surface area contributed by atoms with Gasteiger partial charge in [-0.15, -0.1) is 0 Å². The van der Waals surface area contributed by atoms with Gasteiger partial charge in [0.1, 0.15) is 12.8 Å². The van der Waals surface area contributed by atoms with Crippen LogP contribution < -0.4 is 11.3 Å². The average molecular weight is 435 g/mol. The number of anilines is 1. The summed E-state index contributed by atoms with van der Waals surface area (Å²) in [6.45, 7) is 1.75. The molecule has 0 bridgehead atoms. The number of imidazole rings is 1. The molecule has 0 spiro atoms. The lowest BCUT2D eigenvalue weighted by Crippen LogP contribution is -2.26. The first-order chi connectivity index (χ1) is 15.7. The molecular formula is C23H25N5O4. The van der Waals surface area contributed by atoms with E-state index in [4.69, 9.17) is 19.9 Å². The normalized spacial score (nSPS) is 12.2. The molecule has 0 saturated heterocycles. The van der Waals surface area contributed by atoms with E-state index in [0.29, 0.717) is 32.1 Å². The molecule has 2 heterocycles. The lowest BCUT2D eigenvalue weighted by Gasteiger charge is -2.19. The highest BCUT2D eigenvalue weighted by molar-refractivity contribution is 5.70. The zero-order valence-electron chi connectivity index (χ0n) is 17.5. The number of benzene rings is 2. The van der Waals surface area contributed by atoms with Gasteiger partial charge in [0.2, 0.25) is 5.95 Å². The maximum atomic E-state index is 11.9. The molecule has 0 radical (unpaired) electrons. The van der Waals surface area contributed by atoms with Crippen LogP contribution in [0.25, 0.3) is 11.2 Å². The Morgan fingerprint density at radius 2 is 1.59 bits per heavy atom. The summed E-state index contributed by atoms with van der Waals surface area (Å²) in [5.41, 5.74) is 8.00. The molecule has 0 aliphatic carbocycles. The smallest absolute Gasteiger partial charge is 0.280 e. The number of aromatic amines is 1. The second kappa shape index (κ2) is 10.7. The van der Waals surface area contributed by atoms with Crippen LogP contribution in [-0.4, -0.2) is 38.8 Å².